The van der Waals surface area contributed by atoms with Gasteiger partial charge in [0.15, 0.2) is 0 Å². The summed E-state index contributed by atoms with van der Waals surface area (Å²) in [5.74, 6) is 0. The highest BCUT2D eigenvalue weighted by atomic mass is 14.9. The largest absolute Gasteiger partial charge is 0.347 e. The first-order valence-corrected chi connectivity index (χ1v) is 6.43. The maximum absolute atomic E-state index is 2.33. The Kier molecular flexibility index (Phi) is 5.10. The van der Waals surface area contributed by atoms with Crippen LogP contribution < -0.4 is 0 Å². The summed E-state index contributed by atoms with van der Waals surface area (Å²) < 4.78 is 2.33. The highest BCUT2D eigenvalue weighted by molar-refractivity contribution is 5.83. The van der Waals surface area contributed by atoms with Crippen LogP contribution in [0.25, 0.3) is 10.9 Å². The molecular formula is C15H23N. The summed E-state index contributed by atoms with van der Waals surface area (Å²) in [6.07, 6.45) is 4.71. The van der Waals surface area contributed by atoms with E-state index in [9.17, 15) is 0 Å². The zero-order valence-electron chi connectivity index (χ0n) is 11.0. The van der Waals surface area contributed by atoms with Crippen molar-refractivity contribution >= 4 is 10.9 Å². The predicted molar refractivity (Wildman–Crippen MR) is 73.0 cm³/mol. The number of fused-ring (bicyclic) bond motifs is 1. The number of nitrogens with zero attached hydrogens (tertiary/aromatic N) is 1. The summed E-state index contributed by atoms with van der Waals surface area (Å²) in [5.41, 5.74) is 2.86. The molecule has 0 fully saturated rings. The molecule has 1 aromatic heterocycles. The van der Waals surface area contributed by atoms with Gasteiger partial charge in [0, 0.05) is 23.6 Å². The third-order valence-corrected chi connectivity index (χ3v) is 2.73. The van der Waals surface area contributed by atoms with E-state index in [4.69, 9.17) is 0 Å². The van der Waals surface area contributed by atoms with Crippen LogP contribution in [0.15, 0.2) is 30.5 Å². The molecule has 1 aromatic carbocycles. The van der Waals surface area contributed by atoms with Crippen molar-refractivity contribution in [3.63, 3.8) is 0 Å². The SMILES string of the molecule is CC.CCCc1cn(CC)c2ccccc12. The number of benzene rings is 1. The Balaban J connectivity index is 0.000000606. The molecule has 0 radical (unpaired) electrons. The predicted octanol–water partition coefficient (Wildman–Crippen LogP) is 4.64. The molecule has 2 rings (SSSR count). The van der Waals surface area contributed by atoms with Gasteiger partial charge in [-0.3, -0.25) is 0 Å². The zero-order chi connectivity index (χ0) is 12.0. The Morgan fingerprint density at radius 3 is 2.38 bits per heavy atom. The first kappa shape index (κ1) is 12.8. The van der Waals surface area contributed by atoms with E-state index >= 15 is 0 Å². The molecule has 1 heterocycles. The van der Waals surface area contributed by atoms with Gasteiger partial charge in [-0.25, -0.2) is 0 Å². The molecule has 0 unspecified atom stereocenters. The van der Waals surface area contributed by atoms with Crippen LogP contribution >= 0.6 is 0 Å². The molecule has 0 aliphatic carbocycles. The highest BCUT2D eigenvalue weighted by Crippen LogP contribution is 2.22. The van der Waals surface area contributed by atoms with Gasteiger partial charge in [-0.1, -0.05) is 45.4 Å². The van der Waals surface area contributed by atoms with Gasteiger partial charge >= 0.3 is 0 Å². The molecule has 1 nitrogen and oxygen atoms in total. The molecule has 0 saturated heterocycles. The third-order valence-electron chi connectivity index (χ3n) is 2.73. The molecule has 0 aliphatic rings. The van der Waals surface area contributed by atoms with Crippen molar-refractivity contribution in [2.75, 3.05) is 0 Å². The second kappa shape index (κ2) is 6.37. The van der Waals surface area contributed by atoms with Crippen LogP contribution in [0.4, 0.5) is 0 Å². The second-order valence-corrected chi connectivity index (χ2v) is 3.71. The lowest BCUT2D eigenvalue weighted by Gasteiger charge is -1.98. The Labute approximate surface area is 99.1 Å². The first-order chi connectivity index (χ1) is 7.86. The minimum Gasteiger partial charge on any atom is -0.347 e. The van der Waals surface area contributed by atoms with Crippen molar-refractivity contribution in [3.8, 4) is 0 Å². The number of hydrogen-bond acceptors (Lipinski definition) is 0. The second-order valence-electron chi connectivity index (χ2n) is 3.71. The standard InChI is InChI=1S/C13H17N.C2H6/c1-3-7-11-10-14(4-2)13-9-6-5-8-12(11)13;1-2/h5-6,8-10H,3-4,7H2,1-2H3;1-2H3. The average molecular weight is 217 g/mol. The molecule has 0 spiro atoms. The number of para-hydroxylation sites is 1. The summed E-state index contributed by atoms with van der Waals surface area (Å²) >= 11 is 0. The number of aryl methyl sites for hydroxylation is 2. The monoisotopic (exact) mass is 217 g/mol. The summed E-state index contributed by atoms with van der Waals surface area (Å²) in [7, 11) is 0. The van der Waals surface area contributed by atoms with Gasteiger partial charge < -0.3 is 4.57 Å². The molecule has 88 valence electrons. The Morgan fingerprint density at radius 1 is 1.06 bits per heavy atom. The van der Waals surface area contributed by atoms with Crippen molar-refractivity contribution in [1.29, 1.82) is 0 Å². The summed E-state index contributed by atoms with van der Waals surface area (Å²) in [5, 5.41) is 1.43. The molecule has 2 aromatic rings. The number of aromatic nitrogens is 1. The van der Waals surface area contributed by atoms with Crippen LogP contribution in [0.1, 0.15) is 39.7 Å². The zero-order valence-corrected chi connectivity index (χ0v) is 11.0. The lowest BCUT2D eigenvalue weighted by molar-refractivity contribution is 0.788. The Morgan fingerprint density at radius 2 is 1.75 bits per heavy atom. The van der Waals surface area contributed by atoms with Gasteiger partial charge in [0.25, 0.3) is 0 Å². The molecule has 0 bridgehead atoms. The van der Waals surface area contributed by atoms with Gasteiger partial charge in [0.2, 0.25) is 0 Å². The van der Waals surface area contributed by atoms with Crippen molar-refractivity contribution in [2.24, 2.45) is 0 Å². The maximum Gasteiger partial charge on any atom is 0.0483 e. The maximum atomic E-state index is 2.33. The lowest BCUT2D eigenvalue weighted by Crippen LogP contribution is -1.89. The van der Waals surface area contributed by atoms with Gasteiger partial charge in [-0.05, 0) is 25.0 Å². The van der Waals surface area contributed by atoms with Crippen molar-refractivity contribution in [1.82, 2.24) is 4.57 Å². The smallest absolute Gasteiger partial charge is 0.0483 e. The van der Waals surface area contributed by atoms with Crippen LogP contribution in [-0.2, 0) is 13.0 Å². The van der Waals surface area contributed by atoms with Crippen molar-refractivity contribution < 1.29 is 0 Å². The van der Waals surface area contributed by atoms with Crippen LogP contribution in [0.3, 0.4) is 0 Å². The van der Waals surface area contributed by atoms with E-state index in [1.807, 2.05) is 13.8 Å². The van der Waals surface area contributed by atoms with Gasteiger partial charge in [0.05, 0.1) is 0 Å². The van der Waals surface area contributed by atoms with Crippen molar-refractivity contribution in [2.45, 2.75) is 47.1 Å². The summed E-state index contributed by atoms with van der Waals surface area (Å²) in [6.45, 7) is 9.49. The molecule has 0 N–H and O–H groups in total. The van der Waals surface area contributed by atoms with E-state index < -0.39 is 0 Å². The van der Waals surface area contributed by atoms with Gasteiger partial charge in [0.1, 0.15) is 0 Å². The summed E-state index contributed by atoms with van der Waals surface area (Å²) in [4.78, 5) is 0. The summed E-state index contributed by atoms with van der Waals surface area (Å²) in [6, 6.07) is 8.68. The van der Waals surface area contributed by atoms with Crippen molar-refractivity contribution in [3.05, 3.63) is 36.0 Å². The lowest BCUT2D eigenvalue weighted by atomic mass is 10.1. The third kappa shape index (κ3) is 2.46. The fourth-order valence-electron chi connectivity index (χ4n) is 2.05. The molecule has 0 atom stereocenters. The molecule has 0 amide bonds. The van der Waals surface area contributed by atoms with E-state index in [2.05, 4.69) is 48.9 Å². The average Bonchev–Trinajstić information content (AvgIpc) is 2.71. The normalized spacial score (nSPS) is 10.0. The molecular weight excluding hydrogens is 194 g/mol. The molecule has 16 heavy (non-hydrogen) atoms. The van der Waals surface area contributed by atoms with Gasteiger partial charge in [-0.15, -0.1) is 0 Å². The fraction of sp³-hybridized carbons (Fsp3) is 0.467. The van der Waals surface area contributed by atoms with Gasteiger partial charge in [-0.2, -0.15) is 0 Å². The van der Waals surface area contributed by atoms with E-state index in [1.54, 1.807) is 0 Å². The fourth-order valence-corrected chi connectivity index (χ4v) is 2.05. The van der Waals surface area contributed by atoms with E-state index in [-0.39, 0.29) is 0 Å². The molecule has 0 aliphatic heterocycles. The van der Waals surface area contributed by atoms with E-state index in [0.717, 1.165) is 6.54 Å². The highest BCUT2D eigenvalue weighted by Gasteiger charge is 2.04. The van der Waals surface area contributed by atoms with Crippen LogP contribution in [0.2, 0.25) is 0 Å². The first-order valence-electron chi connectivity index (χ1n) is 6.43. The van der Waals surface area contributed by atoms with Crippen LogP contribution in [0.5, 0.6) is 0 Å². The minimum atomic E-state index is 1.06. The Hall–Kier alpha value is -1.24. The van der Waals surface area contributed by atoms with E-state index in [0.29, 0.717) is 0 Å². The van der Waals surface area contributed by atoms with Crippen LogP contribution in [-0.4, -0.2) is 4.57 Å². The number of rotatable bonds is 3. The molecule has 1 heteroatoms. The van der Waals surface area contributed by atoms with Crippen LogP contribution in [0, 0.1) is 0 Å². The molecule has 0 saturated carbocycles. The Bertz CT molecular complexity index is 426. The minimum absolute atomic E-state index is 1.06. The number of hydrogen-bond donors (Lipinski definition) is 0. The topological polar surface area (TPSA) is 4.93 Å². The van der Waals surface area contributed by atoms with E-state index in [1.165, 1.54) is 29.3 Å². The quantitative estimate of drug-likeness (QED) is 0.706.